The number of esters is 2. The Balaban J connectivity index is 2.02. The van der Waals surface area contributed by atoms with Crippen molar-refractivity contribution in [3.05, 3.63) is 59.7 Å². The number of hydrogen-bond acceptors (Lipinski definition) is 4. The van der Waals surface area contributed by atoms with Crippen LogP contribution < -0.4 is 9.47 Å². The molecule has 0 saturated heterocycles. The summed E-state index contributed by atoms with van der Waals surface area (Å²) in [5, 5.41) is 0. The summed E-state index contributed by atoms with van der Waals surface area (Å²) in [6.07, 6.45) is 0. The fourth-order valence-electron chi connectivity index (χ4n) is 1.67. The third kappa shape index (κ3) is 6.19. The molecule has 0 aliphatic carbocycles. The van der Waals surface area contributed by atoms with Gasteiger partial charge in [0, 0.05) is 0 Å². The predicted octanol–water partition coefficient (Wildman–Crippen LogP) is 2.62. The van der Waals surface area contributed by atoms with Crippen molar-refractivity contribution in [2.24, 2.45) is 0 Å². The third-order valence-corrected chi connectivity index (χ3v) is 4.15. The summed E-state index contributed by atoms with van der Waals surface area (Å²) in [7, 11) is 0. The second-order valence-electron chi connectivity index (χ2n) is 4.61. The molecule has 23 heavy (non-hydrogen) atoms. The van der Waals surface area contributed by atoms with Crippen molar-refractivity contribution in [3.8, 4) is 11.5 Å². The summed E-state index contributed by atoms with van der Waals surface area (Å²) in [6, 6.07) is 14.7. The normalized spacial score (nSPS) is 10.0. The Labute approximate surface area is 142 Å². The first-order chi connectivity index (χ1) is 11.0. The van der Waals surface area contributed by atoms with E-state index in [0.29, 0.717) is 28.6 Å². The molecule has 2 aromatic rings. The number of carbonyl (C=O) groups excluding carboxylic acids is 2. The first kappa shape index (κ1) is 17.1. The Morgan fingerprint density at radius 3 is 1.39 bits per heavy atom. The molecule has 0 unspecified atom stereocenters. The molecular weight excluding hydrogens is 387 g/mol. The van der Waals surface area contributed by atoms with Gasteiger partial charge in [-0.25, -0.2) is 0 Å². The molecule has 0 atom stereocenters. The zero-order valence-electron chi connectivity index (χ0n) is 12.7. The molecule has 2 aromatic carbocycles. The zero-order chi connectivity index (χ0) is 16.7. The number of rotatable bonds is 4. The number of benzene rings is 2. The van der Waals surface area contributed by atoms with Crippen molar-refractivity contribution < 1.29 is 36.1 Å². The van der Waals surface area contributed by atoms with Crippen LogP contribution in [0.1, 0.15) is 25.0 Å². The Bertz CT molecular complexity index is 691. The number of hydrogen-bond donors (Lipinski definition) is 0. The molecule has 0 saturated carbocycles. The molecule has 0 aromatic heterocycles. The molecular formula is C18H16O4Pd-2. The van der Waals surface area contributed by atoms with E-state index in [1.165, 1.54) is 13.8 Å². The van der Waals surface area contributed by atoms with Crippen LogP contribution in [0.4, 0.5) is 0 Å². The second kappa shape index (κ2) is 8.42. The van der Waals surface area contributed by atoms with Crippen LogP contribution >= 0.6 is 0 Å². The fraction of sp³-hybridized carbons (Fsp3) is 0.111. The Kier molecular flexibility index (Phi) is 6.28. The van der Waals surface area contributed by atoms with Crippen LogP contribution in [0.3, 0.4) is 0 Å². The first-order valence-electron chi connectivity index (χ1n) is 6.81. The van der Waals surface area contributed by atoms with Gasteiger partial charge in [-0.2, -0.15) is 0 Å². The van der Waals surface area contributed by atoms with Gasteiger partial charge < -0.3 is 0 Å². The van der Waals surface area contributed by atoms with Crippen molar-refractivity contribution in [1.82, 2.24) is 0 Å². The van der Waals surface area contributed by atoms with E-state index in [4.69, 9.17) is 9.47 Å². The van der Waals surface area contributed by atoms with Crippen LogP contribution in [0, 0.1) is 0 Å². The van der Waals surface area contributed by atoms with Gasteiger partial charge in [0.25, 0.3) is 0 Å². The van der Waals surface area contributed by atoms with Crippen molar-refractivity contribution in [3.63, 3.8) is 0 Å². The average Bonchev–Trinajstić information content (AvgIpc) is 2.50. The zero-order valence-corrected chi connectivity index (χ0v) is 14.3. The molecule has 2 rings (SSSR count). The van der Waals surface area contributed by atoms with E-state index < -0.39 is 0 Å². The Morgan fingerprint density at radius 2 is 1.09 bits per heavy atom. The number of ether oxygens (including phenoxy) is 2. The second-order valence-corrected chi connectivity index (χ2v) is 6.03. The summed E-state index contributed by atoms with van der Waals surface area (Å²) >= 11 is 0.302. The molecule has 124 valence electrons. The van der Waals surface area contributed by atoms with E-state index in [-0.39, 0.29) is 11.9 Å². The molecule has 0 aliphatic rings. The minimum atomic E-state index is -0.323. The van der Waals surface area contributed by atoms with Crippen LogP contribution in [-0.2, 0) is 26.7 Å². The SMILES string of the molecule is CC(=O)Oc1ccc([CH]=[Pd-2]=[CH]c2ccc(OC(C)=O)cc2)cc1. The molecule has 0 bridgehead atoms. The van der Waals surface area contributed by atoms with Crippen LogP contribution in [0.5, 0.6) is 11.5 Å². The van der Waals surface area contributed by atoms with Gasteiger partial charge in [0.05, 0.1) is 0 Å². The standard InChI is InChI=1S/2C9H8O2.Pd/c2*1-7-3-5-9(6-4-7)11-8(2)10;/h2*1,3-6H,2H3;/q;;-2. The molecule has 0 spiro atoms. The van der Waals surface area contributed by atoms with Crippen molar-refractivity contribution in [2.45, 2.75) is 13.8 Å². The molecule has 0 heterocycles. The van der Waals surface area contributed by atoms with Crippen LogP contribution in [0.15, 0.2) is 48.5 Å². The quantitative estimate of drug-likeness (QED) is 0.448. The summed E-state index contributed by atoms with van der Waals surface area (Å²) in [5.74, 6) is 0.447. The average molecular weight is 403 g/mol. The third-order valence-electron chi connectivity index (χ3n) is 2.60. The van der Waals surface area contributed by atoms with Crippen LogP contribution in [0.25, 0.3) is 0 Å². The fourth-order valence-corrected chi connectivity index (χ4v) is 3.00. The summed E-state index contributed by atoms with van der Waals surface area (Å²) in [4.78, 5) is 21.7. The number of carbonyl (C=O) groups is 2. The van der Waals surface area contributed by atoms with Crippen LogP contribution in [-0.4, -0.2) is 20.9 Å². The first-order valence-corrected chi connectivity index (χ1v) is 8.61. The topological polar surface area (TPSA) is 52.6 Å². The van der Waals surface area contributed by atoms with Gasteiger partial charge in [0.1, 0.15) is 0 Å². The summed E-state index contributed by atoms with van der Waals surface area (Å²) < 4.78 is 14.2. The maximum absolute atomic E-state index is 10.8. The van der Waals surface area contributed by atoms with Gasteiger partial charge in [0.15, 0.2) is 0 Å². The monoisotopic (exact) mass is 402 g/mol. The Hall–Kier alpha value is -2.22. The molecule has 5 heteroatoms. The van der Waals surface area contributed by atoms with Crippen molar-refractivity contribution in [2.75, 3.05) is 0 Å². The predicted molar refractivity (Wildman–Crippen MR) is 85.8 cm³/mol. The van der Waals surface area contributed by atoms with Gasteiger partial charge in [-0.05, 0) is 0 Å². The molecule has 0 radical (unpaired) electrons. The van der Waals surface area contributed by atoms with Crippen molar-refractivity contribution >= 4 is 20.9 Å². The van der Waals surface area contributed by atoms with Crippen LogP contribution in [0.2, 0.25) is 0 Å². The van der Waals surface area contributed by atoms with E-state index in [9.17, 15) is 9.59 Å². The van der Waals surface area contributed by atoms with Gasteiger partial charge in [-0.15, -0.1) is 0 Å². The van der Waals surface area contributed by atoms with Gasteiger partial charge >= 0.3 is 142 Å². The van der Waals surface area contributed by atoms with E-state index in [1.807, 2.05) is 24.3 Å². The summed E-state index contributed by atoms with van der Waals surface area (Å²) in [5.41, 5.74) is 2.14. The molecule has 0 aliphatic heterocycles. The maximum atomic E-state index is 10.8. The van der Waals surface area contributed by atoms with E-state index >= 15 is 0 Å². The molecule has 0 amide bonds. The molecule has 0 N–H and O–H groups in total. The molecule has 0 fully saturated rings. The van der Waals surface area contributed by atoms with Gasteiger partial charge in [-0.3, -0.25) is 0 Å². The Morgan fingerprint density at radius 1 is 0.739 bits per heavy atom. The van der Waals surface area contributed by atoms with E-state index in [1.54, 1.807) is 24.3 Å². The van der Waals surface area contributed by atoms with E-state index in [2.05, 4.69) is 8.97 Å². The van der Waals surface area contributed by atoms with Gasteiger partial charge in [-0.1, -0.05) is 0 Å². The van der Waals surface area contributed by atoms with Gasteiger partial charge in [0.2, 0.25) is 0 Å². The minimum absolute atomic E-state index is 0.302. The van der Waals surface area contributed by atoms with Crippen molar-refractivity contribution in [1.29, 1.82) is 0 Å². The molecule has 4 nitrogen and oxygen atoms in total. The summed E-state index contributed by atoms with van der Waals surface area (Å²) in [6.45, 7) is 2.76. The van der Waals surface area contributed by atoms with E-state index in [0.717, 1.165) is 11.1 Å².